The van der Waals surface area contributed by atoms with E-state index in [2.05, 4.69) is 48.0 Å². The van der Waals surface area contributed by atoms with Gasteiger partial charge >= 0.3 is 0 Å². The zero-order valence-corrected chi connectivity index (χ0v) is 11.6. The Bertz CT molecular complexity index is 477. The third-order valence-electron chi connectivity index (χ3n) is 2.84. The van der Waals surface area contributed by atoms with Gasteiger partial charge in [0.25, 0.3) is 0 Å². The Morgan fingerprint density at radius 2 is 2.00 bits per heavy atom. The minimum absolute atomic E-state index is 0.161. The van der Waals surface area contributed by atoms with Crippen LogP contribution in [0.5, 0.6) is 0 Å². The second-order valence-electron chi connectivity index (χ2n) is 5.68. The van der Waals surface area contributed by atoms with Crippen LogP contribution in [-0.4, -0.2) is 35.6 Å². The maximum Gasteiger partial charge on any atom is 0.203 e. The van der Waals surface area contributed by atoms with Crippen LogP contribution in [0.4, 0.5) is 5.95 Å². The van der Waals surface area contributed by atoms with Crippen LogP contribution in [0, 0.1) is 0 Å². The summed E-state index contributed by atoms with van der Waals surface area (Å²) in [6.45, 7) is 8.39. The first kappa shape index (κ1) is 12.9. The van der Waals surface area contributed by atoms with Crippen molar-refractivity contribution in [2.24, 2.45) is 0 Å². The fourth-order valence-electron chi connectivity index (χ4n) is 1.82. The molecule has 1 aromatic heterocycles. The van der Waals surface area contributed by atoms with Crippen LogP contribution in [0.15, 0.2) is 24.3 Å². The van der Waals surface area contributed by atoms with E-state index >= 15 is 0 Å². The summed E-state index contributed by atoms with van der Waals surface area (Å²) in [5.74, 6) is 0.923. The van der Waals surface area contributed by atoms with Gasteiger partial charge in [-0.2, -0.15) is 0 Å². The van der Waals surface area contributed by atoms with Gasteiger partial charge < -0.3 is 15.2 Å². The number of likely N-dealkylation sites (N-methyl/N-ethyl adjacent to an activating group) is 1. The smallest absolute Gasteiger partial charge is 0.203 e. The van der Waals surface area contributed by atoms with Crippen molar-refractivity contribution in [3.8, 4) is 0 Å². The molecule has 0 unspecified atom stereocenters. The number of fused-ring (bicyclic) bond motifs is 1. The Morgan fingerprint density at radius 3 is 2.67 bits per heavy atom. The predicted molar refractivity (Wildman–Crippen MR) is 77.1 cm³/mol. The summed E-state index contributed by atoms with van der Waals surface area (Å²) in [4.78, 5) is 10.0. The summed E-state index contributed by atoms with van der Waals surface area (Å²) >= 11 is 0. The molecule has 0 fully saturated rings. The van der Waals surface area contributed by atoms with E-state index in [1.54, 1.807) is 0 Å². The first-order chi connectivity index (χ1) is 8.46. The fourth-order valence-corrected chi connectivity index (χ4v) is 1.82. The maximum absolute atomic E-state index is 4.57. The topological polar surface area (TPSA) is 44.0 Å². The van der Waals surface area contributed by atoms with Gasteiger partial charge in [-0.05, 0) is 32.9 Å². The lowest BCUT2D eigenvalue weighted by molar-refractivity contribution is 0.430. The monoisotopic (exact) mass is 246 g/mol. The molecule has 0 radical (unpaired) electrons. The van der Waals surface area contributed by atoms with E-state index in [-0.39, 0.29) is 5.54 Å². The quantitative estimate of drug-likeness (QED) is 0.870. The molecular weight excluding hydrogens is 224 g/mol. The normalized spacial score (nSPS) is 12.0. The highest BCUT2D eigenvalue weighted by molar-refractivity contribution is 5.77. The second kappa shape index (κ2) is 4.98. The highest BCUT2D eigenvalue weighted by Crippen LogP contribution is 2.15. The number of hydrogen-bond donors (Lipinski definition) is 2. The van der Waals surface area contributed by atoms with Gasteiger partial charge in [0, 0.05) is 25.7 Å². The lowest BCUT2D eigenvalue weighted by atomic mass is 10.1. The van der Waals surface area contributed by atoms with Crippen LogP contribution in [0.25, 0.3) is 11.0 Å². The van der Waals surface area contributed by atoms with Gasteiger partial charge in [-0.1, -0.05) is 12.1 Å². The van der Waals surface area contributed by atoms with Crippen molar-refractivity contribution in [2.45, 2.75) is 26.3 Å². The summed E-state index contributed by atoms with van der Waals surface area (Å²) in [7, 11) is 2.06. The summed E-state index contributed by atoms with van der Waals surface area (Å²) in [6.07, 6.45) is 0. The summed E-state index contributed by atoms with van der Waals surface area (Å²) in [5, 5.41) is 3.47. The number of para-hydroxylation sites is 2. The number of nitrogens with one attached hydrogen (secondary N) is 2. The lowest BCUT2D eigenvalue weighted by Crippen LogP contribution is -2.40. The van der Waals surface area contributed by atoms with Crippen molar-refractivity contribution in [2.75, 3.05) is 25.0 Å². The van der Waals surface area contributed by atoms with E-state index in [9.17, 15) is 0 Å². The summed E-state index contributed by atoms with van der Waals surface area (Å²) in [5.41, 5.74) is 2.26. The Labute approximate surface area is 108 Å². The minimum atomic E-state index is 0.161. The van der Waals surface area contributed by atoms with E-state index < -0.39 is 0 Å². The SMILES string of the molecule is CN(CCNC(C)(C)C)c1nc2ccccc2[nH]1. The molecule has 0 aliphatic carbocycles. The Hall–Kier alpha value is -1.55. The Kier molecular flexibility index (Phi) is 3.57. The molecule has 0 saturated heterocycles. The molecule has 0 bridgehead atoms. The molecule has 1 heterocycles. The number of benzene rings is 1. The third kappa shape index (κ3) is 3.23. The molecule has 0 atom stereocenters. The molecule has 0 spiro atoms. The van der Waals surface area contributed by atoms with Crippen LogP contribution >= 0.6 is 0 Å². The van der Waals surface area contributed by atoms with Gasteiger partial charge in [-0.3, -0.25) is 0 Å². The van der Waals surface area contributed by atoms with Gasteiger partial charge in [0.1, 0.15) is 0 Å². The van der Waals surface area contributed by atoms with Crippen molar-refractivity contribution in [1.82, 2.24) is 15.3 Å². The molecule has 18 heavy (non-hydrogen) atoms. The fraction of sp³-hybridized carbons (Fsp3) is 0.500. The number of aromatic amines is 1. The molecule has 0 aliphatic heterocycles. The molecule has 0 amide bonds. The first-order valence-corrected chi connectivity index (χ1v) is 6.37. The molecule has 0 aliphatic rings. The molecule has 2 rings (SSSR count). The van der Waals surface area contributed by atoms with Crippen molar-refractivity contribution in [3.05, 3.63) is 24.3 Å². The molecule has 4 nitrogen and oxygen atoms in total. The number of rotatable bonds is 4. The number of anilines is 1. The van der Waals surface area contributed by atoms with Crippen LogP contribution in [0.3, 0.4) is 0 Å². The average Bonchev–Trinajstić information content (AvgIpc) is 2.70. The number of H-pyrrole nitrogens is 1. The zero-order valence-electron chi connectivity index (χ0n) is 11.6. The van der Waals surface area contributed by atoms with Gasteiger partial charge in [0.05, 0.1) is 11.0 Å². The first-order valence-electron chi connectivity index (χ1n) is 6.37. The van der Waals surface area contributed by atoms with E-state index in [1.165, 1.54) is 0 Å². The van der Waals surface area contributed by atoms with Crippen molar-refractivity contribution >= 4 is 17.0 Å². The largest absolute Gasteiger partial charge is 0.344 e. The number of nitrogens with zero attached hydrogens (tertiary/aromatic N) is 2. The minimum Gasteiger partial charge on any atom is -0.344 e. The van der Waals surface area contributed by atoms with Crippen molar-refractivity contribution < 1.29 is 0 Å². The third-order valence-corrected chi connectivity index (χ3v) is 2.84. The zero-order chi connectivity index (χ0) is 13.2. The van der Waals surface area contributed by atoms with Crippen molar-refractivity contribution in [1.29, 1.82) is 0 Å². The van der Waals surface area contributed by atoms with Crippen LogP contribution in [0.1, 0.15) is 20.8 Å². The van der Waals surface area contributed by atoms with Gasteiger partial charge in [0.15, 0.2) is 0 Å². The van der Waals surface area contributed by atoms with Crippen LogP contribution < -0.4 is 10.2 Å². The van der Waals surface area contributed by atoms with Gasteiger partial charge in [0.2, 0.25) is 5.95 Å². The predicted octanol–water partition coefficient (Wildman–Crippen LogP) is 2.39. The molecule has 1 aromatic carbocycles. The Morgan fingerprint density at radius 1 is 1.28 bits per heavy atom. The van der Waals surface area contributed by atoms with Crippen molar-refractivity contribution in [3.63, 3.8) is 0 Å². The van der Waals surface area contributed by atoms with E-state index in [0.29, 0.717) is 0 Å². The van der Waals surface area contributed by atoms with Gasteiger partial charge in [-0.15, -0.1) is 0 Å². The maximum atomic E-state index is 4.57. The number of aromatic nitrogens is 2. The van der Waals surface area contributed by atoms with E-state index in [4.69, 9.17) is 0 Å². The van der Waals surface area contributed by atoms with E-state index in [0.717, 1.165) is 30.1 Å². The van der Waals surface area contributed by atoms with Gasteiger partial charge in [-0.25, -0.2) is 4.98 Å². The molecule has 2 aromatic rings. The molecule has 4 heteroatoms. The molecule has 2 N–H and O–H groups in total. The average molecular weight is 246 g/mol. The summed E-state index contributed by atoms with van der Waals surface area (Å²) in [6, 6.07) is 8.10. The second-order valence-corrected chi connectivity index (χ2v) is 5.68. The molecular formula is C14H22N4. The number of imidazole rings is 1. The number of hydrogen-bond acceptors (Lipinski definition) is 3. The Balaban J connectivity index is 1.98. The molecule has 0 saturated carbocycles. The summed E-state index contributed by atoms with van der Waals surface area (Å²) < 4.78 is 0. The highest BCUT2D eigenvalue weighted by atomic mass is 15.2. The highest BCUT2D eigenvalue weighted by Gasteiger charge is 2.10. The lowest BCUT2D eigenvalue weighted by Gasteiger charge is -2.23. The molecule has 98 valence electrons. The standard InChI is InChI=1S/C14H22N4/c1-14(2,3)15-9-10-18(4)13-16-11-7-5-6-8-12(11)17-13/h5-8,15H,9-10H2,1-4H3,(H,16,17). The van der Waals surface area contributed by atoms with Crippen LogP contribution in [0.2, 0.25) is 0 Å². The van der Waals surface area contributed by atoms with Crippen LogP contribution in [-0.2, 0) is 0 Å². The van der Waals surface area contributed by atoms with E-state index in [1.807, 2.05) is 24.3 Å².